The van der Waals surface area contributed by atoms with Crippen molar-refractivity contribution >= 4 is 11.3 Å². The van der Waals surface area contributed by atoms with E-state index < -0.39 is 0 Å². The van der Waals surface area contributed by atoms with Gasteiger partial charge in [0, 0.05) is 16.8 Å². The summed E-state index contributed by atoms with van der Waals surface area (Å²) >= 11 is 1.94. The molecule has 1 N–H and O–H groups in total. The smallest absolute Gasteiger partial charge is 0.0144 e. The van der Waals surface area contributed by atoms with E-state index in [0.717, 1.165) is 18.5 Å². The van der Waals surface area contributed by atoms with Gasteiger partial charge < -0.3 is 5.32 Å². The summed E-state index contributed by atoms with van der Waals surface area (Å²) in [6.45, 7) is 5.55. The van der Waals surface area contributed by atoms with Crippen LogP contribution >= 0.6 is 11.3 Å². The molecule has 1 heterocycles. The lowest BCUT2D eigenvalue weighted by Crippen LogP contribution is -2.30. The normalized spacial score (nSPS) is 27.0. The quantitative estimate of drug-likeness (QED) is 0.805. The van der Waals surface area contributed by atoms with E-state index in [1.807, 2.05) is 11.3 Å². The zero-order chi connectivity index (χ0) is 9.97. The molecule has 1 fully saturated rings. The highest BCUT2D eigenvalue weighted by Crippen LogP contribution is 2.38. The van der Waals surface area contributed by atoms with Gasteiger partial charge in [-0.05, 0) is 43.3 Å². The summed E-state index contributed by atoms with van der Waals surface area (Å²) in [7, 11) is 0. The van der Waals surface area contributed by atoms with E-state index in [0.29, 0.717) is 0 Å². The third-order valence-electron chi connectivity index (χ3n) is 3.22. The minimum absolute atomic E-state index is 0.734. The lowest BCUT2D eigenvalue weighted by molar-refractivity contribution is 0.496. The van der Waals surface area contributed by atoms with Crippen molar-refractivity contribution in [3.05, 3.63) is 21.9 Å². The molecule has 1 aliphatic rings. The second kappa shape index (κ2) is 4.45. The Bertz CT molecular complexity index is 292. The maximum absolute atomic E-state index is 3.62. The zero-order valence-electron chi connectivity index (χ0n) is 9.05. The van der Waals surface area contributed by atoms with Crippen molar-refractivity contribution in [3.63, 3.8) is 0 Å². The van der Waals surface area contributed by atoms with Gasteiger partial charge in [-0.3, -0.25) is 0 Å². The van der Waals surface area contributed by atoms with E-state index in [9.17, 15) is 0 Å². The SMILES string of the molecule is CCNC1CCCC1c1sccc1C. The Kier molecular flexibility index (Phi) is 3.24. The summed E-state index contributed by atoms with van der Waals surface area (Å²) in [5.41, 5.74) is 1.49. The first kappa shape index (κ1) is 10.2. The second-order valence-electron chi connectivity index (χ2n) is 4.17. The summed E-state index contributed by atoms with van der Waals surface area (Å²) in [5.74, 6) is 0.787. The molecule has 78 valence electrons. The molecule has 0 saturated heterocycles. The van der Waals surface area contributed by atoms with Crippen LogP contribution in [0.3, 0.4) is 0 Å². The number of aryl methyl sites for hydroxylation is 1. The van der Waals surface area contributed by atoms with Crippen molar-refractivity contribution in [1.29, 1.82) is 0 Å². The number of likely N-dealkylation sites (N-methyl/N-ethyl adjacent to an activating group) is 1. The standard InChI is InChI=1S/C12H19NS/c1-3-13-11-6-4-5-10(11)12-9(2)7-8-14-12/h7-8,10-11,13H,3-6H2,1-2H3. The molecule has 0 aliphatic heterocycles. The molecule has 0 spiro atoms. The monoisotopic (exact) mass is 209 g/mol. The first-order valence-electron chi connectivity index (χ1n) is 5.60. The first-order valence-corrected chi connectivity index (χ1v) is 6.48. The van der Waals surface area contributed by atoms with E-state index in [1.54, 1.807) is 4.88 Å². The minimum Gasteiger partial charge on any atom is -0.314 e. The Labute approximate surface area is 90.5 Å². The van der Waals surface area contributed by atoms with Gasteiger partial charge in [-0.1, -0.05) is 13.3 Å². The molecule has 1 nitrogen and oxygen atoms in total. The van der Waals surface area contributed by atoms with Crippen molar-refractivity contribution in [2.45, 2.75) is 45.1 Å². The third-order valence-corrected chi connectivity index (χ3v) is 4.37. The molecule has 0 radical (unpaired) electrons. The van der Waals surface area contributed by atoms with Crippen LogP contribution in [0.25, 0.3) is 0 Å². The van der Waals surface area contributed by atoms with E-state index in [2.05, 4.69) is 30.6 Å². The molecule has 2 heteroatoms. The van der Waals surface area contributed by atoms with Gasteiger partial charge in [-0.25, -0.2) is 0 Å². The van der Waals surface area contributed by atoms with Gasteiger partial charge in [0.05, 0.1) is 0 Å². The summed E-state index contributed by atoms with van der Waals surface area (Å²) in [6.07, 6.45) is 4.12. The molecule has 1 aromatic rings. The van der Waals surface area contributed by atoms with Crippen LogP contribution in [0, 0.1) is 6.92 Å². The van der Waals surface area contributed by atoms with Gasteiger partial charge in [-0.2, -0.15) is 0 Å². The molecule has 0 bridgehead atoms. The Hall–Kier alpha value is -0.340. The topological polar surface area (TPSA) is 12.0 Å². The summed E-state index contributed by atoms with van der Waals surface area (Å²) in [5, 5.41) is 5.84. The predicted octanol–water partition coefficient (Wildman–Crippen LogP) is 3.30. The summed E-state index contributed by atoms with van der Waals surface area (Å²) in [4.78, 5) is 1.62. The molecule has 2 unspecified atom stereocenters. The highest BCUT2D eigenvalue weighted by Gasteiger charge is 2.29. The van der Waals surface area contributed by atoms with Gasteiger partial charge in [0.25, 0.3) is 0 Å². The molecule has 2 atom stereocenters. The van der Waals surface area contributed by atoms with Gasteiger partial charge in [0.1, 0.15) is 0 Å². The molecule has 2 rings (SSSR count). The Morgan fingerprint density at radius 2 is 2.36 bits per heavy atom. The Balaban J connectivity index is 2.13. The highest BCUT2D eigenvalue weighted by molar-refractivity contribution is 7.10. The lowest BCUT2D eigenvalue weighted by atomic mass is 9.99. The van der Waals surface area contributed by atoms with Crippen LogP contribution < -0.4 is 5.32 Å². The molecular weight excluding hydrogens is 190 g/mol. The van der Waals surface area contributed by atoms with Gasteiger partial charge in [0.15, 0.2) is 0 Å². The number of nitrogens with one attached hydrogen (secondary N) is 1. The van der Waals surface area contributed by atoms with Crippen LogP contribution in [0.15, 0.2) is 11.4 Å². The first-order chi connectivity index (χ1) is 6.83. The molecule has 1 saturated carbocycles. The lowest BCUT2D eigenvalue weighted by Gasteiger charge is -2.20. The number of thiophene rings is 1. The summed E-state index contributed by atoms with van der Waals surface area (Å²) in [6, 6.07) is 2.98. The van der Waals surface area contributed by atoms with Crippen molar-refractivity contribution < 1.29 is 0 Å². The Morgan fingerprint density at radius 1 is 1.50 bits per heavy atom. The number of hydrogen-bond acceptors (Lipinski definition) is 2. The van der Waals surface area contributed by atoms with Crippen LogP contribution in [-0.2, 0) is 0 Å². The van der Waals surface area contributed by atoms with Crippen LogP contribution in [0.4, 0.5) is 0 Å². The van der Waals surface area contributed by atoms with Crippen molar-refractivity contribution in [1.82, 2.24) is 5.32 Å². The van der Waals surface area contributed by atoms with Gasteiger partial charge in [-0.15, -0.1) is 11.3 Å². The largest absolute Gasteiger partial charge is 0.314 e. The Morgan fingerprint density at radius 3 is 3.00 bits per heavy atom. The van der Waals surface area contributed by atoms with E-state index >= 15 is 0 Å². The second-order valence-corrected chi connectivity index (χ2v) is 5.12. The molecule has 0 amide bonds. The fourth-order valence-corrected chi connectivity index (χ4v) is 3.67. The van der Waals surface area contributed by atoms with E-state index in [4.69, 9.17) is 0 Å². The molecular formula is C12H19NS. The minimum atomic E-state index is 0.734. The van der Waals surface area contributed by atoms with Crippen molar-refractivity contribution in [2.75, 3.05) is 6.54 Å². The highest BCUT2D eigenvalue weighted by atomic mass is 32.1. The maximum atomic E-state index is 3.62. The molecule has 14 heavy (non-hydrogen) atoms. The zero-order valence-corrected chi connectivity index (χ0v) is 9.86. The van der Waals surface area contributed by atoms with Crippen LogP contribution in [0.2, 0.25) is 0 Å². The maximum Gasteiger partial charge on any atom is 0.0144 e. The average Bonchev–Trinajstić information content (AvgIpc) is 2.74. The average molecular weight is 209 g/mol. The van der Waals surface area contributed by atoms with Gasteiger partial charge in [0.2, 0.25) is 0 Å². The number of rotatable bonds is 3. The van der Waals surface area contributed by atoms with Crippen molar-refractivity contribution in [2.24, 2.45) is 0 Å². The molecule has 0 aromatic carbocycles. The van der Waals surface area contributed by atoms with Crippen LogP contribution in [0.5, 0.6) is 0 Å². The molecule has 1 aliphatic carbocycles. The third kappa shape index (κ3) is 1.86. The van der Waals surface area contributed by atoms with Gasteiger partial charge >= 0.3 is 0 Å². The molecule has 1 aromatic heterocycles. The van der Waals surface area contributed by atoms with Crippen molar-refractivity contribution in [3.8, 4) is 0 Å². The van der Waals surface area contributed by atoms with Crippen LogP contribution in [-0.4, -0.2) is 12.6 Å². The van der Waals surface area contributed by atoms with Crippen LogP contribution in [0.1, 0.15) is 42.5 Å². The predicted molar refractivity (Wildman–Crippen MR) is 63.1 cm³/mol. The fourth-order valence-electron chi connectivity index (χ4n) is 2.54. The number of hydrogen-bond donors (Lipinski definition) is 1. The van der Waals surface area contributed by atoms with E-state index in [1.165, 1.54) is 24.8 Å². The van der Waals surface area contributed by atoms with E-state index in [-0.39, 0.29) is 0 Å². The fraction of sp³-hybridized carbons (Fsp3) is 0.667. The summed E-state index contributed by atoms with van der Waals surface area (Å²) < 4.78 is 0.